The highest BCUT2D eigenvalue weighted by Gasteiger charge is 2.19. The number of amides is 1. The zero-order chi connectivity index (χ0) is 15.4. The Hall–Kier alpha value is -2.46. The van der Waals surface area contributed by atoms with Crippen LogP contribution in [0.1, 0.15) is 15.9 Å². The predicted octanol–water partition coefficient (Wildman–Crippen LogP) is 3.44. The molecule has 2 aromatic carbocycles. The summed E-state index contributed by atoms with van der Waals surface area (Å²) in [6, 6.07) is 17.5. The molecule has 0 saturated carbocycles. The van der Waals surface area contributed by atoms with Gasteiger partial charge in [0.15, 0.2) is 0 Å². The molecule has 0 atom stereocenters. The van der Waals surface area contributed by atoms with Gasteiger partial charge >= 0.3 is 0 Å². The van der Waals surface area contributed by atoms with Crippen LogP contribution in [0.2, 0.25) is 0 Å². The zero-order valence-electron chi connectivity index (χ0n) is 11.9. The second kappa shape index (κ2) is 6.54. The van der Waals surface area contributed by atoms with E-state index in [0.29, 0.717) is 18.5 Å². The third-order valence-corrected chi connectivity index (χ3v) is 4.44. The molecular formula is C18H15NO2S. The number of thiophene rings is 1. The van der Waals surface area contributed by atoms with Crippen LogP contribution < -0.4 is 5.32 Å². The normalized spacial score (nSPS) is 10.5. The quantitative estimate of drug-likeness (QED) is 0.579. The van der Waals surface area contributed by atoms with Gasteiger partial charge < -0.3 is 5.32 Å². The lowest BCUT2D eigenvalue weighted by Gasteiger charge is -2.04. The Morgan fingerprint density at radius 1 is 0.955 bits per heavy atom. The summed E-state index contributed by atoms with van der Waals surface area (Å²) in [5.74, 6) is -1.01. The number of fused-ring (bicyclic) bond motifs is 1. The molecule has 0 unspecified atom stereocenters. The van der Waals surface area contributed by atoms with Crippen LogP contribution in [0.3, 0.4) is 0 Å². The molecule has 0 saturated heterocycles. The Morgan fingerprint density at radius 3 is 2.50 bits per heavy atom. The third kappa shape index (κ3) is 3.07. The van der Waals surface area contributed by atoms with Crippen LogP contribution in [-0.4, -0.2) is 18.2 Å². The van der Waals surface area contributed by atoms with Crippen LogP contribution in [0.4, 0.5) is 0 Å². The van der Waals surface area contributed by atoms with Gasteiger partial charge in [-0.1, -0.05) is 48.5 Å². The summed E-state index contributed by atoms with van der Waals surface area (Å²) in [5, 5.41) is 5.30. The zero-order valence-corrected chi connectivity index (χ0v) is 12.7. The fourth-order valence-corrected chi connectivity index (χ4v) is 3.26. The third-order valence-electron chi connectivity index (χ3n) is 3.47. The lowest BCUT2D eigenvalue weighted by molar-refractivity contribution is -0.116. The molecule has 0 bridgehead atoms. The van der Waals surface area contributed by atoms with Crippen molar-refractivity contribution >= 4 is 33.1 Å². The Morgan fingerprint density at radius 2 is 1.68 bits per heavy atom. The Kier molecular flexibility index (Phi) is 4.30. The van der Waals surface area contributed by atoms with Crippen molar-refractivity contribution in [2.45, 2.75) is 6.42 Å². The van der Waals surface area contributed by atoms with E-state index in [4.69, 9.17) is 0 Å². The van der Waals surface area contributed by atoms with Crippen LogP contribution in [0, 0.1) is 0 Å². The summed E-state index contributed by atoms with van der Waals surface area (Å²) in [4.78, 5) is 24.3. The fourth-order valence-electron chi connectivity index (χ4n) is 2.32. The highest BCUT2D eigenvalue weighted by atomic mass is 32.1. The molecular weight excluding hydrogens is 294 g/mol. The number of hydrogen-bond acceptors (Lipinski definition) is 3. The van der Waals surface area contributed by atoms with Gasteiger partial charge in [0, 0.05) is 27.6 Å². The van der Waals surface area contributed by atoms with Gasteiger partial charge in [0.2, 0.25) is 0 Å². The lowest BCUT2D eigenvalue weighted by atomic mass is 10.1. The van der Waals surface area contributed by atoms with E-state index >= 15 is 0 Å². The number of Topliss-reactive ketones (excluding diaryl/α,β-unsaturated/α-hetero) is 1. The molecule has 3 rings (SSSR count). The Bertz CT molecular complexity index is 808. The molecule has 1 N–H and O–H groups in total. The van der Waals surface area contributed by atoms with Gasteiger partial charge in [0.05, 0.1) is 0 Å². The average Bonchev–Trinajstić information content (AvgIpc) is 2.99. The standard InChI is InChI=1S/C18H15NO2S/c20-17(15-12-22-16-9-5-4-8-14(15)16)18(21)19-11-10-13-6-2-1-3-7-13/h1-9,12H,10-11H2,(H,19,21). The summed E-state index contributed by atoms with van der Waals surface area (Å²) < 4.78 is 1.02. The topological polar surface area (TPSA) is 46.2 Å². The molecule has 1 amide bonds. The van der Waals surface area contributed by atoms with E-state index in [1.807, 2.05) is 54.6 Å². The molecule has 3 aromatic rings. The van der Waals surface area contributed by atoms with Gasteiger partial charge in [0.1, 0.15) is 0 Å². The maximum Gasteiger partial charge on any atom is 0.292 e. The second-order valence-corrected chi connectivity index (χ2v) is 5.88. The number of ketones is 1. The van der Waals surface area contributed by atoms with Crippen LogP contribution in [-0.2, 0) is 11.2 Å². The minimum atomic E-state index is -0.542. The highest BCUT2D eigenvalue weighted by molar-refractivity contribution is 7.17. The van der Waals surface area contributed by atoms with Crippen LogP contribution in [0.5, 0.6) is 0 Å². The molecule has 0 aliphatic carbocycles. The first kappa shape index (κ1) is 14.5. The van der Waals surface area contributed by atoms with Crippen LogP contribution in [0.25, 0.3) is 10.1 Å². The van der Waals surface area contributed by atoms with Crippen molar-refractivity contribution in [1.29, 1.82) is 0 Å². The molecule has 3 nitrogen and oxygen atoms in total. The van der Waals surface area contributed by atoms with Crippen molar-refractivity contribution in [3.05, 3.63) is 71.1 Å². The van der Waals surface area contributed by atoms with Crippen molar-refractivity contribution in [2.24, 2.45) is 0 Å². The highest BCUT2D eigenvalue weighted by Crippen LogP contribution is 2.25. The Balaban J connectivity index is 1.64. The van der Waals surface area contributed by atoms with Crippen molar-refractivity contribution in [3.8, 4) is 0 Å². The predicted molar refractivity (Wildman–Crippen MR) is 89.3 cm³/mol. The second-order valence-electron chi connectivity index (χ2n) is 4.97. The van der Waals surface area contributed by atoms with Gasteiger partial charge in [-0.05, 0) is 18.1 Å². The van der Waals surface area contributed by atoms with Gasteiger partial charge in [-0.25, -0.2) is 0 Å². The number of carbonyl (C=O) groups is 2. The number of hydrogen-bond donors (Lipinski definition) is 1. The molecule has 110 valence electrons. The van der Waals surface area contributed by atoms with Gasteiger partial charge in [-0.15, -0.1) is 11.3 Å². The fraction of sp³-hybridized carbons (Fsp3) is 0.111. The molecule has 0 spiro atoms. The number of rotatable bonds is 5. The molecule has 0 fully saturated rings. The molecule has 1 aromatic heterocycles. The summed E-state index contributed by atoms with van der Waals surface area (Å²) in [6.45, 7) is 0.455. The molecule has 4 heteroatoms. The van der Waals surface area contributed by atoms with Crippen molar-refractivity contribution in [1.82, 2.24) is 5.32 Å². The van der Waals surface area contributed by atoms with Gasteiger partial charge in [0.25, 0.3) is 11.7 Å². The minimum absolute atomic E-state index is 0.455. The SMILES string of the molecule is O=C(NCCc1ccccc1)C(=O)c1csc2ccccc12. The maximum absolute atomic E-state index is 12.3. The van der Waals surface area contributed by atoms with E-state index in [1.165, 1.54) is 11.3 Å². The summed E-state index contributed by atoms with van der Waals surface area (Å²) in [5.41, 5.74) is 1.62. The van der Waals surface area contributed by atoms with Gasteiger partial charge in [-0.3, -0.25) is 9.59 Å². The molecule has 1 heterocycles. The number of carbonyl (C=O) groups excluding carboxylic acids is 2. The smallest absolute Gasteiger partial charge is 0.292 e. The summed E-state index contributed by atoms with van der Waals surface area (Å²) in [6.07, 6.45) is 0.713. The van der Waals surface area contributed by atoms with E-state index < -0.39 is 11.7 Å². The number of benzene rings is 2. The van der Waals surface area contributed by atoms with E-state index in [0.717, 1.165) is 15.6 Å². The first-order valence-corrected chi connectivity index (χ1v) is 7.96. The molecule has 0 aliphatic rings. The first-order chi connectivity index (χ1) is 10.8. The molecule has 0 aliphatic heterocycles. The van der Waals surface area contributed by atoms with Crippen LogP contribution >= 0.6 is 11.3 Å². The first-order valence-electron chi connectivity index (χ1n) is 7.08. The van der Waals surface area contributed by atoms with Crippen molar-refractivity contribution in [2.75, 3.05) is 6.54 Å². The largest absolute Gasteiger partial charge is 0.349 e. The molecule has 0 radical (unpaired) electrons. The Labute approximate surface area is 132 Å². The van der Waals surface area contributed by atoms with Crippen molar-refractivity contribution in [3.63, 3.8) is 0 Å². The average molecular weight is 309 g/mol. The van der Waals surface area contributed by atoms with E-state index in [1.54, 1.807) is 5.38 Å². The lowest BCUT2D eigenvalue weighted by Crippen LogP contribution is -2.32. The van der Waals surface area contributed by atoms with Gasteiger partial charge in [-0.2, -0.15) is 0 Å². The van der Waals surface area contributed by atoms with Crippen molar-refractivity contribution < 1.29 is 9.59 Å². The van der Waals surface area contributed by atoms with E-state index in [2.05, 4.69) is 5.32 Å². The van der Waals surface area contributed by atoms with E-state index in [-0.39, 0.29) is 0 Å². The van der Waals surface area contributed by atoms with Crippen LogP contribution in [0.15, 0.2) is 60.0 Å². The monoisotopic (exact) mass is 309 g/mol. The number of nitrogens with one attached hydrogen (secondary N) is 1. The summed E-state index contributed by atoms with van der Waals surface area (Å²) in [7, 11) is 0. The molecule has 22 heavy (non-hydrogen) atoms. The summed E-state index contributed by atoms with van der Waals surface area (Å²) >= 11 is 1.48. The minimum Gasteiger partial charge on any atom is -0.349 e. The van der Waals surface area contributed by atoms with E-state index in [9.17, 15) is 9.59 Å². The maximum atomic E-state index is 12.3.